The maximum atomic E-state index is 5.62. The van der Waals surface area contributed by atoms with Crippen molar-refractivity contribution in [3.63, 3.8) is 0 Å². The Morgan fingerprint density at radius 2 is 1.87 bits per heavy atom. The van der Waals surface area contributed by atoms with Gasteiger partial charge in [-0.3, -0.25) is 9.89 Å². The monoisotopic (exact) mass is 426 g/mol. The molecule has 1 aliphatic rings. The van der Waals surface area contributed by atoms with E-state index >= 15 is 0 Å². The number of nitrogens with one attached hydrogen (secondary N) is 2. The fourth-order valence-corrected chi connectivity index (χ4v) is 3.64. The van der Waals surface area contributed by atoms with Gasteiger partial charge in [0.25, 0.3) is 0 Å². The van der Waals surface area contributed by atoms with Crippen molar-refractivity contribution in [1.29, 1.82) is 0 Å². The summed E-state index contributed by atoms with van der Waals surface area (Å²) in [5, 5.41) is 6.74. The van der Waals surface area contributed by atoms with Gasteiger partial charge in [-0.2, -0.15) is 0 Å². The van der Waals surface area contributed by atoms with Crippen molar-refractivity contribution in [2.45, 2.75) is 19.9 Å². The van der Waals surface area contributed by atoms with Gasteiger partial charge in [-0.25, -0.2) is 0 Å². The predicted octanol–water partition coefficient (Wildman–Crippen LogP) is 3.54. The van der Waals surface area contributed by atoms with Crippen LogP contribution >= 0.6 is 0 Å². The molecule has 0 saturated carbocycles. The summed E-state index contributed by atoms with van der Waals surface area (Å²) in [5.74, 6) is 2.16. The summed E-state index contributed by atoms with van der Waals surface area (Å²) in [7, 11) is 1.65. The van der Waals surface area contributed by atoms with Crippen LogP contribution in [0.3, 0.4) is 0 Å². The van der Waals surface area contributed by atoms with Crippen LogP contribution in [0.15, 0.2) is 53.5 Å². The number of ether oxygens (including phenoxy) is 3. The number of benzene rings is 2. The molecule has 7 nitrogen and oxygen atoms in total. The van der Waals surface area contributed by atoms with Gasteiger partial charge >= 0.3 is 0 Å². The largest absolute Gasteiger partial charge is 0.493 e. The van der Waals surface area contributed by atoms with Crippen LogP contribution in [0.5, 0.6) is 11.5 Å². The lowest BCUT2D eigenvalue weighted by molar-refractivity contribution is 0.0180. The number of hydrogen-bond acceptors (Lipinski definition) is 5. The highest BCUT2D eigenvalue weighted by Gasteiger charge is 2.22. The molecule has 0 amide bonds. The van der Waals surface area contributed by atoms with E-state index in [-0.39, 0.29) is 6.04 Å². The molecule has 0 bridgehead atoms. The topological polar surface area (TPSA) is 67.4 Å². The minimum atomic E-state index is 0.204. The van der Waals surface area contributed by atoms with Gasteiger partial charge in [-0.1, -0.05) is 30.3 Å². The summed E-state index contributed by atoms with van der Waals surface area (Å²) in [6.07, 6.45) is 0. The van der Waals surface area contributed by atoms with Crippen LogP contribution in [-0.2, 0) is 4.74 Å². The molecule has 168 valence electrons. The molecule has 7 heteroatoms. The summed E-state index contributed by atoms with van der Waals surface area (Å²) >= 11 is 0. The lowest BCUT2D eigenvalue weighted by atomic mass is 10.1. The van der Waals surface area contributed by atoms with E-state index in [2.05, 4.69) is 46.7 Å². The minimum absolute atomic E-state index is 0.204. The van der Waals surface area contributed by atoms with Crippen molar-refractivity contribution < 1.29 is 14.2 Å². The van der Waals surface area contributed by atoms with Crippen LogP contribution in [0.2, 0.25) is 0 Å². The van der Waals surface area contributed by atoms with Crippen LogP contribution in [0.4, 0.5) is 5.69 Å². The zero-order chi connectivity index (χ0) is 21.9. The Balaban J connectivity index is 1.78. The lowest BCUT2D eigenvalue weighted by Crippen LogP contribution is -2.40. The van der Waals surface area contributed by atoms with Crippen molar-refractivity contribution in [3.05, 3.63) is 54.1 Å². The summed E-state index contributed by atoms with van der Waals surface area (Å²) < 4.78 is 16.6. The highest BCUT2D eigenvalue weighted by atomic mass is 16.5. The van der Waals surface area contributed by atoms with E-state index in [4.69, 9.17) is 19.2 Å². The third kappa shape index (κ3) is 6.60. The minimum Gasteiger partial charge on any atom is -0.493 e. The van der Waals surface area contributed by atoms with Crippen LogP contribution in [0, 0.1) is 0 Å². The number of guanidine groups is 1. The standard InChI is InChI=1S/C24H34N4O3/c1-4-25-24(27-20-11-12-22(31-5-2)23(17-20)29-3)26-18-21(19-9-7-6-8-10-19)28-13-15-30-16-14-28/h6-12,17,21H,4-5,13-16,18H2,1-3H3,(H2,25,26,27). The third-order valence-electron chi connectivity index (χ3n) is 5.16. The Morgan fingerprint density at radius 1 is 1.10 bits per heavy atom. The summed E-state index contributed by atoms with van der Waals surface area (Å²) in [6, 6.07) is 16.6. The first-order chi connectivity index (χ1) is 15.2. The molecule has 3 rings (SSSR count). The Morgan fingerprint density at radius 3 is 2.55 bits per heavy atom. The molecule has 0 aliphatic carbocycles. The number of methoxy groups -OCH3 is 1. The first-order valence-electron chi connectivity index (χ1n) is 11.0. The number of nitrogens with zero attached hydrogens (tertiary/aromatic N) is 2. The quantitative estimate of drug-likeness (QED) is 0.472. The van der Waals surface area contributed by atoms with E-state index in [9.17, 15) is 0 Å². The molecule has 1 aliphatic heterocycles. The Kier molecular flexibility index (Phi) is 8.99. The average molecular weight is 427 g/mol. The van der Waals surface area contributed by atoms with Crippen molar-refractivity contribution in [2.24, 2.45) is 4.99 Å². The molecule has 1 atom stereocenters. The number of hydrogen-bond donors (Lipinski definition) is 2. The lowest BCUT2D eigenvalue weighted by Gasteiger charge is -2.34. The molecule has 1 fully saturated rings. The molecule has 2 aromatic rings. The van der Waals surface area contributed by atoms with Gasteiger partial charge < -0.3 is 24.8 Å². The summed E-state index contributed by atoms with van der Waals surface area (Å²) in [4.78, 5) is 7.36. The molecular formula is C24H34N4O3. The summed E-state index contributed by atoms with van der Waals surface area (Å²) in [6.45, 7) is 9.38. The van der Waals surface area contributed by atoms with Crippen LogP contribution < -0.4 is 20.1 Å². The molecule has 1 saturated heterocycles. The maximum Gasteiger partial charge on any atom is 0.195 e. The van der Waals surface area contributed by atoms with Gasteiger partial charge in [0.15, 0.2) is 17.5 Å². The van der Waals surface area contributed by atoms with Crippen LogP contribution in [-0.4, -0.2) is 64.0 Å². The van der Waals surface area contributed by atoms with Gasteiger partial charge in [0, 0.05) is 31.4 Å². The van der Waals surface area contributed by atoms with Crippen LogP contribution in [0.1, 0.15) is 25.5 Å². The van der Waals surface area contributed by atoms with E-state index in [0.29, 0.717) is 18.9 Å². The molecule has 0 spiro atoms. The highest BCUT2D eigenvalue weighted by molar-refractivity contribution is 5.94. The maximum absolute atomic E-state index is 5.62. The third-order valence-corrected chi connectivity index (χ3v) is 5.16. The smallest absolute Gasteiger partial charge is 0.195 e. The zero-order valence-electron chi connectivity index (χ0n) is 18.8. The fraction of sp³-hybridized carbons (Fsp3) is 0.458. The van der Waals surface area contributed by atoms with Crippen molar-refractivity contribution in [1.82, 2.24) is 10.2 Å². The van der Waals surface area contributed by atoms with Gasteiger partial charge in [0.05, 0.1) is 39.5 Å². The van der Waals surface area contributed by atoms with E-state index < -0.39 is 0 Å². The molecular weight excluding hydrogens is 392 g/mol. The Bertz CT molecular complexity index is 823. The number of aliphatic imine (C=N–C) groups is 1. The number of morpholine rings is 1. The predicted molar refractivity (Wildman–Crippen MR) is 125 cm³/mol. The molecule has 2 aromatic carbocycles. The van der Waals surface area contributed by atoms with Crippen molar-refractivity contribution in [3.8, 4) is 11.5 Å². The molecule has 31 heavy (non-hydrogen) atoms. The fourth-order valence-electron chi connectivity index (χ4n) is 3.64. The first-order valence-corrected chi connectivity index (χ1v) is 11.0. The Hall–Kier alpha value is -2.77. The molecule has 0 aromatic heterocycles. The van der Waals surface area contributed by atoms with Gasteiger partial charge in [-0.05, 0) is 31.5 Å². The van der Waals surface area contributed by atoms with Crippen molar-refractivity contribution >= 4 is 11.6 Å². The van der Waals surface area contributed by atoms with Gasteiger partial charge in [0.1, 0.15) is 0 Å². The van der Waals surface area contributed by atoms with E-state index in [1.165, 1.54) is 5.56 Å². The number of rotatable bonds is 9. The molecule has 1 heterocycles. The second kappa shape index (κ2) is 12.2. The summed E-state index contributed by atoms with van der Waals surface area (Å²) in [5.41, 5.74) is 2.16. The normalized spacial score (nSPS) is 15.9. The Labute approximate surface area is 185 Å². The van der Waals surface area contributed by atoms with E-state index in [0.717, 1.165) is 50.2 Å². The van der Waals surface area contributed by atoms with Gasteiger partial charge in [-0.15, -0.1) is 0 Å². The second-order valence-corrected chi connectivity index (χ2v) is 7.22. The SMILES string of the molecule is CCNC(=NCC(c1ccccc1)N1CCOCC1)Nc1ccc(OCC)c(OC)c1. The van der Waals surface area contributed by atoms with Crippen LogP contribution in [0.25, 0.3) is 0 Å². The number of anilines is 1. The highest BCUT2D eigenvalue weighted by Crippen LogP contribution is 2.30. The molecule has 0 radical (unpaired) electrons. The van der Waals surface area contributed by atoms with E-state index in [1.807, 2.05) is 31.2 Å². The van der Waals surface area contributed by atoms with Crippen molar-refractivity contribution in [2.75, 3.05) is 58.4 Å². The van der Waals surface area contributed by atoms with Gasteiger partial charge in [0.2, 0.25) is 0 Å². The first kappa shape index (κ1) is 22.9. The zero-order valence-corrected chi connectivity index (χ0v) is 18.8. The average Bonchev–Trinajstić information content (AvgIpc) is 2.82. The molecule has 1 unspecified atom stereocenters. The second-order valence-electron chi connectivity index (χ2n) is 7.22. The molecule has 2 N–H and O–H groups in total. The van der Waals surface area contributed by atoms with E-state index in [1.54, 1.807) is 7.11 Å².